The van der Waals surface area contributed by atoms with Crippen LogP contribution >= 0.6 is 15.6 Å². The molecule has 0 aromatic heterocycles. The Labute approximate surface area is 583 Å². The lowest BCUT2D eigenvalue weighted by atomic mass is 10.0. The third-order valence-electron chi connectivity index (χ3n) is 15.8. The van der Waals surface area contributed by atoms with Crippen molar-refractivity contribution in [3.63, 3.8) is 0 Å². The summed E-state index contributed by atoms with van der Waals surface area (Å²) in [6, 6.07) is 0. The molecule has 0 rings (SSSR count). The van der Waals surface area contributed by atoms with Gasteiger partial charge in [-0.25, -0.2) is 9.13 Å². The Morgan fingerprint density at radius 2 is 0.552 bits per heavy atom. The molecule has 0 spiro atoms. The van der Waals surface area contributed by atoms with Crippen LogP contribution in [0.1, 0.15) is 323 Å². The second-order valence-corrected chi connectivity index (χ2v) is 28.1. The minimum atomic E-state index is -4.98. The fraction of sp³-hybridized carbons (Fsp3) is 0.766. The topological polar surface area (TPSA) is 237 Å². The number of phosphoric ester groups is 2. The van der Waals surface area contributed by atoms with Crippen LogP contribution in [0.5, 0.6) is 0 Å². The van der Waals surface area contributed by atoms with Crippen molar-refractivity contribution < 1.29 is 80.2 Å². The van der Waals surface area contributed by atoms with Gasteiger partial charge in [-0.1, -0.05) is 267 Å². The van der Waals surface area contributed by atoms with E-state index in [-0.39, 0.29) is 25.7 Å². The number of hydrogen-bond acceptors (Lipinski definition) is 15. The summed E-state index contributed by atoms with van der Waals surface area (Å²) in [7, 11) is -9.95. The molecule has 0 aromatic carbocycles. The lowest BCUT2D eigenvalue weighted by Crippen LogP contribution is -2.30. The highest BCUT2D eigenvalue weighted by molar-refractivity contribution is 7.47. The number of ether oxygens (including phenoxy) is 4. The standard InChI is InChI=1S/C77H136O17P2/c1-5-9-13-17-21-25-29-32-33-34-35-36-37-40-43-46-50-54-58-62-75(80)88-68-73(94-77(82)64-60-56-52-48-44-39-31-27-23-19-15-11-7-3)70-92-96(85,86)90-66-71(78)65-89-95(83,84)91-69-72(93-76(81)63-59-55-51-47-41-28-24-20-16-12-8-4)67-87-74(79)61-57-53-49-45-42-38-30-26-22-18-14-10-6-2/h9,13,20-21,24-26,30,32-33,35-36,40,43,71-73,78H,5-8,10-12,14-19,22-23,27-29,31,34,37-39,41-42,44-70H2,1-4H3,(H,83,84)(H,85,86)/b13-9-,24-20-,25-21-,30-26-,33-32-,36-35-,43-40-. The van der Waals surface area contributed by atoms with E-state index in [1.807, 2.05) is 0 Å². The van der Waals surface area contributed by atoms with Crippen molar-refractivity contribution in [1.82, 2.24) is 0 Å². The first-order valence-electron chi connectivity index (χ1n) is 37.8. The summed E-state index contributed by atoms with van der Waals surface area (Å²) in [5, 5.41) is 10.6. The molecule has 0 radical (unpaired) electrons. The number of carbonyl (C=O) groups excluding carboxylic acids is 4. The van der Waals surface area contributed by atoms with Crippen molar-refractivity contribution in [3.8, 4) is 0 Å². The summed E-state index contributed by atoms with van der Waals surface area (Å²) in [6.07, 6.45) is 70.1. The van der Waals surface area contributed by atoms with Crippen LogP contribution in [0, 0.1) is 0 Å². The Hall–Kier alpha value is -3.76. The number of carbonyl (C=O) groups is 4. The van der Waals surface area contributed by atoms with Crippen molar-refractivity contribution in [3.05, 3.63) is 85.1 Å². The van der Waals surface area contributed by atoms with Gasteiger partial charge < -0.3 is 33.8 Å². The molecule has 0 fully saturated rings. The monoisotopic (exact) mass is 1390 g/mol. The third kappa shape index (κ3) is 68.8. The Bertz CT molecular complexity index is 2160. The van der Waals surface area contributed by atoms with Crippen molar-refractivity contribution in [2.24, 2.45) is 0 Å². The Morgan fingerprint density at radius 3 is 0.896 bits per heavy atom. The van der Waals surface area contributed by atoms with E-state index in [1.54, 1.807) is 0 Å². The number of aliphatic hydroxyl groups excluding tert-OH is 1. The molecular formula is C77H136O17P2. The zero-order valence-corrected chi connectivity index (χ0v) is 62.3. The van der Waals surface area contributed by atoms with Gasteiger partial charge in [-0.05, 0) is 116 Å². The molecule has 5 atom stereocenters. The maximum absolute atomic E-state index is 13.1. The first kappa shape index (κ1) is 92.2. The average molecular weight is 1400 g/mol. The molecule has 5 unspecified atom stereocenters. The smallest absolute Gasteiger partial charge is 0.462 e. The molecule has 0 aliphatic carbocycles. The van der Waals surface area contributed by atoms with E-state index in [0.717, 1.165) is 154 Å². The molecule has 0 aromatic rings. The van der Waals surface area contributed by atoms with Crippen LogP contribution in [0.4, 0.5) is 0 Å². The van der Waals surface area contributed by atoms with Gasteiger partial charge in [0.2, 0.25) is 0 Å². The quantitative estimate of drug-likeness (QED) is 0.0169. The molecule has 0 heterocycles. The van der Waals surface area contributed by atoms with Gasteiger partial charge in [0.25, 0.3) is 0 Å². The minimum absolute atomic E-state index is 0.0845. The summed E-state index contributed by atoms with van der Waals surface area (Å²) >= 11 is 0. The summed E-state index contributed by atoms with van der Waals surface area (Å²) in [6.45, 7) is 4.67. The third-order valence-corrected chi connectivity index (χ3v) is 17.7. The van der Waals surface area contributed by atoms with Gasteiger partial charge >= 0.3 is 39.5 Å². The fourth-order valence-corrected chi connectivity index (χ4v) is 11.6. The van der Waals surface area contributed by atoms with Crippen LogP contribution in [-0.4, -0.2) is 96.7 Å². The minimum Gasteiger partial charge on any atom is -0.462 e. The van der Waals surface area contributed by atoms with Crippen LogP contribution in [0.2, 0.25) is 0 Å². The van der Waals surface area contributed by atoms with E-state index in [1.165, 1.54) is 89.9 Å². The summed E-state index contributed by atoms with van der Waals surface area (Å²) < 4.78 is 68.3. The van der Waals surface area contributed by atoms with E-state index in [0.29, 0.717) is 25.7 Å². The van der Waals surface area contributed by atoms with E-state index < -0.39 is 97.5 Å². The Morgan fingerprint density at radius 1 is 0.302 bits per heavy atom. The van der Waals surface area contributed by atoms with E-state index in [2.05, 4.69) is 113 Å². The number of unbranched alkanes of at least 4 members (excludes halogenated alkanes) is 31. The van der Waals surface area contributed by atoms with Gasteiger partial charge in [-0.2, -0.15) is 0 Å². The molecular weight excluding hydrogens is 1260 g/mol. The van der Waals surface area contributed by atoms with Crippen LogP contribution in [0.3, 0.4) is 0 Å². The molecule has 0 amide bonds. The first-order chi connectivity index (χ1) is 46.7. The predicted octanol–water partition coefficient (Wildman–Crippen LogP) is 21.4. The van der Waals surface area contributed by atoms with E-state index in [4.69, 9.17) is 37.0 Å². The highest BCUT2D eigenvalue weighted by atomic mass is 31.2. The van der Waals surface area contributed by atoms with Crippen LogP contribution in [-0.2, 0) is 65.4 Å². The van der Waals surface area contributed by atoms with Gasteiger partial charge in [0.05, 0.1) is 26.4 Å². The molecule has 17 nitrogen and oxygen atoms in total. The summed E-state index contributed by atoms with van der Waals surface area (Å²) in [5.74, 6) is -2.21. The van der Waals surface area contributed by atoms with Crippen molar-refractivity contribution in [2.75, 3.05) is 39.6 Å². The second-order valence-electron chi connectivity index (χ2n) is 25.2. The van der Waals surface area contributed by atoms with Gasteiger partial charge in [0, 0.05) is 25.7 Å². The predicted molar refractivity (Wildman–Crippen MR) is 390 cm³/mol. The Balaban J connectivity index is 5.33. The van der Waals surface area contributed by atoms with Crippen molar-refractivity contribution >= 4 is 39.5 Å². The summed E-state index contributed by atoms with van der Waals surface area (Å²) in [5.41, 5.74) is 0. The molecule has 0 aliphatic heterocycles. The molecule has 556 valence electrons. The number of rotatable bonds is 71. The van der Waals surface area contributed by atoms with Crippen LogP contribution < -0.4 is 0 Å². The largest absolute Gasteiger partial charge is 0.472 e. The highest BCUT2D eigenvalue weighted by Gasteiger charge is 2.30. The number of phosphoric acid groups is 2. The normalized spacial score (nSPS) is 14.4. The number of allylic oxidation sites excluding steroid dienone is 14. The van der Waals surface area contributed by atoms with Crippen molar-refractivity contribution in [2.45, 2.75) is 341 Å². The summed E-state index contributed by atoms with van der Waals surface area (Å²) in [4.78, 5) is 72.7. The molecule has 19 heteroatoms. The van der Waals surface area contributed by atoms with Crippen molar-refractivity contribution in [1.29, 1.82) is 0 Å². The number of esters is 4. The lowest BCUT2D eigenvalue weighted by molar-refractivity contribution is -0.161. The maximum Gasteiger partial charge on any atom is 0.472 e. The SMILES string of the molecule is CC/C=C\C/C=C\C/C=C\C/C=C\C/C=C\CCCCCC(=O)OCC(COP(=O)(O)OCC(O)COP(=O)(O)OCC(COC(=O)CCCCCCC/C=C\CCCCCC)OC(=O)CCCCCCC/C=C\CCCC)OC(=O)CCCCCCCCCCCCCCC. The van der Waals surface area contributed by atoms with Gasteiger partial charge in [0.15, 0.2) is 12.2 Å². The zero-order valence-electron chi connectivity index (χ0n) is 60.5. The highest BCUT2D eigenvalue weighted by Crippen LogP contribution is 2.45. The number of aliphatic hydroxyl groups is 1. The molecule has 0 saturated heterocycles. The lowest BCUT2D eigenvalue weighted by Gasteiger charge is -2.21. The first-order valence-corrected chi connectivity index (χ1v) is 40.8. The zero-order chi connectivity index (χ0) is 70.4. The average Bonchev–Trinajstić information content (AvgIpc) is 1.17. The maximum atomic E-state index is 13.1. The van der Waals surface area contributed by atoms with E-state index >= 15 is 0 Å². The molecule has 0 saturated carbocycles. The van der Waals surface area contributed by atoms with Crippen LogP contribution in [0.15, 0.2) is 85.1 Å². The molecule has 0 bridgehead atoms. The molecule has 3 N–H and O–H groups in total. The Kier molecular flexibility index (Phi) is 67.0. The van der Waals surface area contributed by atoms with Gasteiger partial charge in [0.1, 0.15) is 19.3 Å². The second kappa shape index (κ2) is 69.7. The van der Waals surface area contributed by atoms with Crippen LogP contribution in [0.25, 0.3) is 0 Å². The fourth-order valence-electron chi connectivity index (χ4n) is 10.0. The van der Waals surface area contributed by atoms with E-state index in [9.17, 15) is 43.2 Å². The molecule has 0 aliphatic rings. The van der Waals surface area contributed by atoms with Gasteiger partial charge in [-0.3, -0.25) is 37.3 Å². The molecule has 96 heavy (non-hydrogen) atoms. The number of hydrogen-bond donors (Lipinski definition) is 3. The van der Waals surface area contributed by atoms with Gasteiger partial charge in [-0.15, -0.1) is 0 Å².